The van der Waals surface area contributed by atoms with Gasteiger partial charge in [0.1, 0.15) is 6.29 Å². The molecule has 2 nitrogen and oxygen atoms in total. The lowest BCUT2D eigenvalue weighted by Gasteiger charge is -2.52. The number of allylic oxidation sites excluding steroid dienone is 4. The van der Waals surface area contributed by atoms with Crippen molar-refractivity contribution in [2.75, 3.05) is 0 Å². The van der Waals surface area contributed by atoms with Crippen LogP contribution < -0.4 is 0 Å². The maximum Gasteiger partial charge on any atom is 0.158 e. The van der Waals surface area contributed by atoms with E-state index in [9.17, 15) is 9.59 Å². The second-order valence-corrected chi connectivity index (χ2v) is 6.64. The molecule has 0 N–H and O–H groups in total. The van der Waals surface area contributed by atoms with Crippen molar-refractivity contribution in [3.8, 4) is 0 Å². The van der Waals surface area contributed by atoms with E-state index in [0.717, 1.165) is 44.1 Å². The molecule has 0 aromatic carbocycles. The lowest BCUT2D eigenvalue weighted by molar-refractivity contribution is -0.117. The van der Waals surface area contributed by atoms with E-state index in [1.54, 1.807) is 0 Å². The highest BCUT2D eigenvalue weighted by molar-refractivity contribution is 5.97. The minimum absolute atomic E-state index is 0.0302. The predicted molar refractivity (Wildman–Crippen MR) is 74.7 cm³/mol. The molecule has 2 heteroatoms. The molecule has 19 heavy (non-hydrogen) atoms. The fourth-order valence-corrected chi connectivity index (χ4v) is 4.61. The van der Waals surface area contributed by atoms with Crippen LogP contribution in [0.4, 0.5) is 0 Å². The van der Waals surface area contributed by atoms with E-state index in [2.05, 4.69) is 13.0 Å². The molecule has 0 unspecified atom stereocenters. The van der Waals surface area contributed by atoms with Crippen LogP contribution in [0.3, 0.4) is 0 Å². The molecule has 0 radical (unpaired) electrons. The lowest BCUT2D eigenvalue weighted by atomic mass is 9.51. The van der Waals surface area contributed by atoms with Crippen LogP contribution in [0.2, 0.25) is 0 Å². The van der Waals surface area contributed by atoms with Crippen molar-refractivity contribution in [1.82, 2.24) is 0 Å². The zero-order valence-corrected chi connectivity index (χ0v) is 11.9. The van der Waals surface area contributed by atoms with E-state index >= 15 is 0 Å². The molecule has 2 atom stereocenters. The van der Waals surface area contributed by atoms with E-state index in [1.807, 2.05) is 6.92 Å². The Balaban J connectivity index is 2.16. The molecular weight excluding hydrogens is 236 g/mol. The Morgan fingerprint density at radius 1 is 1.21 bits per heavy atom. The first-order valence-electron chi connectivity index (χ1n) is 7.44. The summed E-state index contributed by atoms with van der Waals surface area (Å²) in [4.78, 5) is 23.7. The van der Waals surface area contributed by atoms with E-state index in [4.69, 9.17) is 0 Å². The van der Waals surface area contributed by atoms with Gasteiger partial charge in [-0.3, -0.25) is 4.79 Å². The summed E-state index contributed by atoms with van der Waals surface area (Å²) in [5.74, 6) is 0.308. The van der Waals surface area contributed by atoms with Gasteiger partial charge in [0.25, 0.3) is 0 Å². The van der Waals surface area contributed by atoms with Gasteiger partial charge in [0.05, 0.1) is 0 Å². The second kappa shape index (κ2) is 4.16. The molecule has 3 rings (SSSR count). The fourth-order valence-electron chi connectivity index (χ4n) is 4.61. The van der Waals surface area contributed by atoms with Crippen molar-refractivity contribution in [2.45, 2.75) is 58.8 Å². The summed E-state index contributed by atoms with van der Waals surface area (Å²) in [7, 11) is 0. The summed E-state index contributed by atoms with van der Waals surface area (Å²) in [5.41, 5.74) is 3.36. The molecule has 0 bridgehead atoms. The van der Waals surface area contributed by atoms with E-state index < -0.39 is 0 Å². The Morgan fingerprint density at radius 3 is 2.74 bits per heavy atom. The monoisotopic (exact) mass is 258 g/mol. The average molecular weight is 258 g/mol. The van der Waals surface area contributed by atoms with Crippen LogP contribution in [0.5, 0.6) is 0 Å². The van der Waals surface area contributed by atoms with Crippen LogP contribution in [0.25, 0.3) is 0 Å². The van der Waals surface area contributed by atoms with Crippen molar-refractivity contribution in [1.29, 1.82) is 0 Å². The number of aldehydes is 1. The van der Waals surface area contributed by atoms with Crippen LogP contribution in [0.1, 0.15) is 58.8 Å². The molecule has 0 aromatic rings. The van der Waals surface area contributed by atoms with Crippen molar-refractivity contribution in [3.05, 3.63) is 22.8 Å². The molecule has 3 aliphatic rings. The maximum absolute atomic E-state index is 12.0. The summed E-state index contributed by atoms with van der Waals surface area (Å²) in [6.45, 7) is 4.24. The Bertz CT molecular complexity index is 511. The van der Waals surface area contributed by atoms with E-state index in [-0.39, 0.29) is 10.8 Å². The maximum atomic E-state index is 12.0. The first-order valence-corrected chi connectivity index (χ1v) is 7.44. The molecule has 0 aliphatic heterocycles. The van der Waals surface area contributed by atoms with Gasteiger partial charge >= 0.3 is 0 Å². The zero-order chi connectivity index (χ0) is 13.7. The van der Waals surface area contributed by atoms with Gasteiger partial charge in [0.15, 0.2) is 5.78 Å². The normalized spacial score (nSPS) is 38.4. The average Bonchev–Trinajstić information content (AvgIpc) is 2.43. The first kappa shape index (κ1) is 12.8. The minimum Gasteiger partial charge on any atom is -0.302 e. The first-order chi connectivity index (χ1) is 9.03. The Hall–Kier alpha value is -1.18. The molecule has 3 aliphatic carbocycles. The van der Waals surface area contributed by atoms with Gasteiger partial charge < -0.3 is 4.79 Å². The highest BCUT2D eigenvalue weighted by Gasteiger charge is 2.51. The smallest absolute Gasteiger partial charge is 0.158 e. The third kappa shape index (κ3) is 1.62. The summed E-state index contributed by atoms with van der Waals surface area (Å²) in [6.07, 6.45) is 10.1. The summed E-state index contributed by atoms with van der Waals surface area (Å²) in [5, 5.41) is 0. The third-order valence-corrected chi connectivity index (χ3v) is 5.74. The summed E-state index contributed by atoms with van der Waals surface area (Å²) >= 11 is 0. The number of fused-ring (bicyclic) bond motifs is 3. The molecule has 102 valence electrons. The fraction of sp³-hybridized carbons (Fsp3) is 0.647. The van der Waals surface area contributed by atoms with Gasteiger partial charge in [-0.1, -0.05) is 24.1 Å². The van der Waals surface area contributed by atoms with Crippen LogP contribution in [-0.4, -0.2) is 12.1 Å². The molecule has 1 fully saturated rings. The van der Waals surface area contributed by atoms with Gasteiger partial charge in [0, 0.05) is 17.3 Å². The molecule has 0 saturated heterocycles. The van der Waals surface area contributed by atoms with Crippen LogP contribution in [0.15, 0.2) is 22.8 Å². The Kier molecular flexibility index (Phi) is 2.81. The van der Waals surface area contributed by atoms with Gasteiger partial charge in [0.2, 0.25) is 0 Å². The van der Waals surface area contributed by atoms with Gasteiger partial charge in [-0.2, -0.15) is 0 Å². The van der Waals surface area contributed by atoms with Crippen molar-refractivity contribution in [3.63, 3.8) is 0 Å². The van der Waals surface area contributed by atoms with E-state index in [1.165, 1.54) is 17.4 Å². The number of carbonyl (C=O) groups excluding carboxylic acids is 2. The van der Waals surface area contributed by atoms with E-state index in [0.29, 0.717) is 12.2 Å². The molecule has 0 aromatic heterocycles. The molecular formula is C17H22O2. The number of rotatable bonds is 1. The van der Waals surface area contributed by atoms with Crippen LogP contribution in [0, 0.1) is 10.8 Å². The van der Waals surface area contributed by atoms with Crippen molar-refractivity contribution in [2.24, 2.45) is 10.8 Å². The number of Topliss-reactive ketones (excluding diaryl/α,β-unsaturated/α-hetero) is 1. The summed E-state index contributed by atoms with van der Waals surface area (Å²) in [6, 6.07) is 0. The molecule has 0 amide bonds. The predicted octanol–water partition coefficient (Wildman–Crippen LogP) is 3.76. The highest BCUT2D eigenvalue weighted by atomic mass is 16.1. The SMILES string of the molecule is CC1=C2CC[C@@]3(C=O)CCCC=C3[C@@]2(C)CCC1=O. The Morgan fingerprint density at radius 2 is 2.00 bits per heavy atom. The third-order valence-electron chi connectivity index (χ3n) is 5.74. The molecule has 0 spiro atoms. The topological polar surface area (TPSA) is 34.1 Å². The zero-order valence-electron chi connectivity index (χ0n) is 11.9. The minimum atomic E-state index is -0.225. The Labute approximate surface area is 115 Å². The van der Waals surface area contributed by atoms with Crippen molar-refractivity contribution < 1.29 is 9.59 Å². The van der Waals surface area contributed by atoms with Gasteiger partial charge in [-0.25, -0.2) is 0 Å². The second-order valence-electron chi connectivity index (χ2n) is 6.64. The number of ketones is 1. The quantitative estimate of drug-likeness (QED) is 0.530. The summed E-state index contributed by atoms with van der Waals surface area (Å²) < 4.78 is 0. The van der Waals surface area contributed by atoms with Crippen molar-refractivity contribution >= 4 is 12.1 Å². The molecule has 1 saturated carbocycles. The van der Waals surface area contributed by atoms with Crippen LogP contribution >= 0.6 is 0 Å². The highest BCUT2D eigenvalue weighted by Crippen LogP contribution is 2.60. The van der Waals surface area contributed by atoms with Gasteiger partial charge in [-0.05, 0) is 51.0 Å². The molecule has 0 heterocycles. The van der Waals surface area contributed by atoms with Gasteiger partial charge in [-0.15, -0.1) is 0 Å². The number of carbonyl (C=O) groups is 2. The van der Waals surface area contributed by atoms with Crippen LogP contribution in [-0.2, 0) is 9.59 Å². The number of hydrogen-bond acceptors (Lipinski definition) is 2. The number of hydrogen-bond donors (Lipinski definition) is 0. The lowest BCUT2D eigenvalue weighted by Crippen LogP contribution is -2.44. The largest absolute Gasteiger partial charge is 0.302 e. The standard InChI is InChI=1S/C17H22O2/c1-12-13-6-10-17(11-18)8-4-3-5-15(17)16(13,2)9-7-14(12)19/h5,11H,3-4,6-10H2,1-2H3/t16-,17+/m0/s1.